The Morgan fingerprint density at radius 3 is 2.90 bits per heavy atom. The summed E-state index contributed by atoms with van der Waals surface area (Å²) < 4.78 is 5.40. The molecule has 0 saturated heterocycles. The van der Waals surface area contributed by atoms with Gasteiger partial charge in [-0.3, -0.25) is 10.1 Å². The predicted octanol–water partition coefficient (Wildman–Crippen LogP) is 3.15. The van der Waals surface area contributed by atoms with Gasteiger partial charge in [0.2, 0.25) is 0 Å². The van der Waals surface area contributed by atoms with Crippen molar-refractivity contribution < 1.29 is 9.66 Å². The van der Waals surface area contributed by atoms with Gasteiger partial charge in [0.1, 0.15) is 0 Å². The first-order chi connectivity index (χ1) is 9.56. The molecule has 0 bridgehead atoms. The van der Waals surface area contributed by atoms with Gasteiger partial charge in [0.15, 0.2) is 0 Å². The Labute approximate surface area is 119 Å². The molecule has 1 N–H and O–H groups in total. The van der Waals surface area contributed by atoms with E-state index in [1.54, 1.807) is 19.1 Å². The molecule has 0 fully saturated rings. The van der Waals surface area contributed by atoms with E-state index in [0.29, 0.717) is 25.3 Å². The van der Waals surface area contributed by atoms with Crippen molar-refractivity contribution in [2.75, 3.05) is 19.8 Å². The van der Waals surface area contributed by atoms with Crippen molar-refractivity contribution in [1.29, 1.82) is 0 Å². The molecule has 1 aromatic rings. The molecule has 0 saturated carbocycles. The van der Waals surface area contributed by atoms with Gasteiger partial charge in [-0.05, 0) is 25.8 Å². The first-order valence-corrected chi connectivity index (χ1v) is 6.73. The number of rotatable bonds is 9. The van der Waals surface area contributed by atoms with Crippen molar-refractivity contribution >= 4 is 5.69 Å². The predicted molar refractivity (Wildman–Crippen MR) is 79.9 cm³/mol. The fourth-order valence-electron chi connectivity index (χ4n) is 1.83. The zero-order chi connectivity index (χ0) is 15.0. The van der Waals surface area contributed by atoms with E-state index in [4.69, 9.17) is 4.74 Å². The van der Waals surface area contributed by atoms with Crippen molar-refractivity contribution in [3.05, 3.63) is 52.1 Å². The highest BCUT2D eigenvalue weighted by Gasteiger charge is 2.13. The average Bonchev–Trinajstić information content (AvgIpc) is 2.42. The molecule has 1 unspecified atom stereocenters. The summed E-state index contributed by atoms with van der Waals surface area (Å²) in [6.45, 7) is 9.35. The van der Waals surface area contributed by atoms with Gasteiger partial charge in [0, 0.05) is 24.2 Å². The topological polar surface area (TPSA) is 64.4 Å². The maximum absolute atomic E-state index is 10.9. The van der Waals surface area contributed by atoms with Gasteiger partial charge in [-0.2, -0.15) is 0 Å². The maximum atomic E-state index is 10.9. The largest absolute Gasteiger partial charge is 0.380 e. The van der Waals surface area contributed by atoms with Crippen LogP contribution in [0.5, 0.6) is 0 Å². The number of nitro benzene ring substituents is 1. The third-order valence-corrected chi connectivity index (χ3v) is 3.09. The lowest BCUT2D eigenvalue weighted by Crippen LogP contribution is -2.23. The molecule has 0 aromatic heterocycles. The second-order valence-corrected chi connectivity index (χ2v) is 4.67. The fraction of sp³-hybridized carbons (Fsp3) is 0.467. The number of hydrogen-bond acceptors (Lipinski definition) is 4. The van der Waals surface area contributed by atoms with Crippen molar-refractivity contribution in [2.45, 2.75) is 26.3 Å². The molecule has 5 heteroatoms. The van der Waals surface area contributed by atoms with Crippen LogP contribution in [-0.2, 0) is 4.74 Å². The highest BCUT2D eigenvalue weighted by Crippen LogP contribution is 2.22. The van der Waals surface area contributed by atoms with Crippen LogP contribution in [0.1, 0.15) is 30.5 Å². The van der Waals surface area contributed by atoms with Crippen LogP contribution < -0.4 is 5.32 Å². The van der Waals surface area contributed by atoms with Gasteiger partial charge < -0.3 is 10.1 Å². The Hall–Kier alpha value is -1.72. The number of benzene rings is 1. The van der Waals surface area contributed by atoms with E-state index in [0.717, 1.165) is 12.0 Å². The highest BCUT2D eigenvalue weighted by atomic mass is 16.6. The highest BCUT2D eigenvalue weighted by molar-refractivity contribution is 5.43. The van der Waals surface area contributed by atoms with E-state index < -0.39 is 0 Å². The van der Waals surface area contributed by atoms with E-state index in [1.165, 1.54) is 0 Å². The summed E-state index contributed by atoms with van der Waals surface area (Å²) in [7, 11) is 0. The average molecular weight is 278 g/mol. The van der Waals surface area contributed by atoms with Gasteiger partial charge in [-0.1, -0.05) is 18.2 Å². The molecule has 0 amide bonds. The van der Waals surface area contributed by atoms with E-state index in [2.05, 4.69) is 11.9 Å². The third-order valence-electron chi connectivity index (χ3n) is 3.09. The van der Waals surface area contributed by atoms with Crippen LogP contribution >= 0.6 is 0 Å². The van der Waals surface area contributed by atoms with Crippen molar-refractivity contribution in [1.82, 2.24) is 5.32 Å². The first-order valence-electron chi connectivity index (χ1n) is 6.73. The Balaban J connectivity index is 2.47. The van der Waals surface area contributed by atoms with Crippen molar-refractivity contribution in [3.63, 3.8) is 0 Å². The van der Waals surface area contributed by atoms with Crippen molar-refractivity contribution in [3.8, 4) is 0 Å². The molecule has 1 aromatic carbocycles. The van der Waals surface area contributed by atoms with E-state index >= 15 is 0 Å². The first kappa shape index (κ1) is 16.3. The van der Waals surface area contributed by atoms with E-state index in [-0.39, 0.29) is 16.7 Å². The standard InChI is InChI=1S/C15H22N2O3/c1-4-5-9-20-10-8-16-13(3)14-7-6-12(2)15(11-14)17(18)19/h4,6-7,11,13,16H,1,5,8-10H2,2-3H3. The lowest BCUT2D eigenvalue weighted by atomic mass is 10.0. The monoisotopic (exact) mass is 278 g/mol. The molecular formula is C15H22N2O3. The number of hydrogen-bond donors (Lipinski definition) is 1. The molecular weight excluding hydrogens is 256 g/mol. The van der Waals surface area contributed by atoms with Gasteiger partial charge in [-0.15, -0.1) is 6.58 Å². The second kappa shape index (κ2) is 8.45. The Morgan fingerprint density at radius 1 is 1.50 bits per heavy atom. The number of nitro groups is 1. The summed E-state index contributed by atoms with van der Waals surface area (Å²) in [5.41, 5.74) is 1.76. The summed E-state index contributed by atoms with van der Waals surface area (Å²) in [6.07, 6.45) is 2.67. The van der Waals surface area contributed by atoms with Gasteiger partial charge in [-0.25, -0.2) is 0 Å². The van der Waals surface area contributed by atoms with Gasteiger partial charge in [0.25, 0.3) is 5.69 Å². The number of aryl methyl sites for hydroxylation is 1. The molecule has 20 heavy (non-hydrogen) atoms. The summed E-state index contributed by atoms with van der Waals surface area (Å²) in [5, 5.41) is 14.2. The minimum atomic E-state index is -0.343. The zero-order valence-electron chi connectivity index (χ0n) is 12.1. The van der Waals surface area contributed by atoms with Crippen LogP contribution in [0, 0.1) is 17.0 Å². The summed E-state index contributed by atoms with van der Waals surface area (Å²) in [6, 6.07) is 5.38. The fourth-order valence-corrected chi connectivity index (χ4v) is 1.83. The van der Waals surface area contributed by atoms with Crippen LogP contribution in [0.15, 0.2) is 30.9 Å². The van der Waals surface area contributed by atoms with Crippen LogP contribution in [0.2, 0.25) is 0 Å². The summed E-state index contributed by atoms with van der Waals surface area (Å²) in [4.78, 5) is 10.6. The van der Waals surface area contributed by atoms with Crippen LogP contribution in [0.25, 0.3) is 0 Å². The molecule has 5 nitrogen and oxygen atoms in total. The minimum Gasteiger partial charge on any atom is -0.380 e. The number of nitrogens with zero attached hydrogens (tertiary/aromatic N) is 1. The van der Waals surface area contributed by atoms with Crippen LogP contribution in [0.3, 0.4) is 0 Å². The molecule has 1 rings (SSSR count). The summed E-state index contributed by atoms with van der Waals surface area (Å²) in [5.74, 6) is 0. The Kier molecular flexibility index (Phi) is 6.90. The molecule has 0 heterocycles. The molecule has 1 atom stereocenters. The number of nitrogens with one attached hydrogen (secondary N) is 1. The van der Waals surface area contributed by atoms with Gasteiger partial charge in [0.05, 0.1) is 18.1 Å². The molecule has 0 aliphatic rings. The van der Waals surface area contributed by atoms with Gasteiger partial charge >= 0.3 is 0 Å². The maximum Gasteiger partial charge on any atom is 0.272 e. The molecule has 0 aliphatic heterocycles. The number of ether oxygens (including phenoxy) is 1. The SMILES string of the molecule is C=CCCOCCNC(C)c1ccc(C)c([N+](=O)[O-])c1. The second-order valence-electron chi connectivity index (χ2n) is 4.67. The minimum absolute atomic E-state index is 0.0531. The smallest absolute Gasteiger partial charge is 0.272 e. The quantitative estimate of drug-likeness (QED) is 0.326. The lowest BCUT2D eigenvalue weighted by Gasteiger charge is -2.14. The molecule has 110 valence electrons. The van der Waals surface area contributed by atoms with E-state index in [9.17, 15) is 10.1 Å². The molecule has 0 radical (unpaired) electrons. The Bertz CT molecular complexity index is 460. The summed E-state index contributed by atoms with van der Waals surface area (Å²) >= 11 is 0. The lowest BCUT2D eigenvalue weighted by molar-refractivity contribution is -0.385. The van der Waals surface area contributed by atoms with Crippen LogP contribution in [-0.4, -0.2) is 24.7 Å². The van der Waals surface area contributed by atoms with Crippen LogP contribution in [0.4, 0.5) is 5.69 Å². The third kappa shape index (κ3) is 5.11. The van der Waals surface area contributed by atoms with E-state index in [1.807, 2.05) is 19.1 Å². The van der Waals surface area contributed by atoms with Crippen molar-refractivity contribution in [2.24, 2.45) is 0 Å². The Morgan fingerprint density at radius 2 is 2.25 bits per heavy atom. The molecule has 0 spiro atoms. The molecule has 0 aliphatic carbocycles. The normalized spacial score (nSPS) is 12.1. The zero-order valence-corrected chi connectivity index (χ0v) is 12.1.